The van der Waals surface area contributed by atoms with Crippen LogP contribution in [0.5, 0.6) is 0 Å². The van der Waals surface area contributed by atoms with Gasteiger partial charge in [0.2, 0.25) is 5.91 Å². The third-order valence-electron chi connectivity index (χ3n) is 4.54. The van der Waals surface area contributed by atoms with Crippen molar-refractivity contribution in [3.05, 3.63) is 41.3 Å². The molecule has 0 bridgehead atoms. The zero-order valence-corrected chi connectivity index (χ0v) is 15.4. The monoisotopic (exact) mass is 339 g/mol. The van der Waals surface area contributed by atoms with Crippen LogP contribution in [-0.4, -0.2) is 25.9 Å². The van der Waals surface area contributed by atoms with Crippen molar-refractivity contribution in [3.63, 3.8) is 0 Å². The van der Waals surface area contributed by atoms with E-state index in [0.717, 1.165) is 33.5 Å². The van der Waals surface area contributed by atoms with Gasteiger partial charge in [-0.25, -0.2) is 0 Å². The number of amides is 1. The molecule has 2 N–H and O–H groups in total. The lowest BCUT2D eigenvalue weighted by atomic mass is 9.95. The van der Waals surface area contributed by atoms with Crippen LogP contribution in [0.1, 0.15) is 56.1 Å². The summed E-state index contributed by atoms with van der Waals surface area (Å²) in [6, 6.07) is 6.17. The van der Waals surface area contributed by atoms with E-state index in [0.29, 0.717) is 6.42 Å². The molecule has 0 aliphatic rings. The number of aromatic amines is 1. The minimum Gasteiger partial charge on any atom is -0.326 e. The van der Waals surface area contributed by atoms with Crippen molar-refractivity contribution in [1.29, 1.82) is 0 Å². The molecule has 0 fully saturated rings. The molecule has 6 heteroatoms. The van der Waals surface area contributed by atoms with Gasteiger partial charge in [0.05, 0.1) is 17.4 Å². The van der Waals surface area contributed by atoms with E-state index in [1.54, 1.807) is 0 Å². The van der Waals surface area contributed by atoms with Gasteiger partial charge < -0.3 is 5.32 Å². The standard InChI is InChI=1S/C19H25N5O/c1-11(2)24-17-9-16(7-6-15(17)10-20-24)21-18(25)8-12(3)19-13(4)22-23-14(19)5/h6-7,9-12H,8H2,1-5H3,(H,21,25)(H,22,23). The minimum atomic E-state index is 0.00228. The summed E-state index contributed by atoms with van der Waals surface area (Å²) < 4.78 is 1.96. The summed E-state index contributed by atoms with van der Waals surface area (Å²) in [5.74, 6) is 0.117. The third-order valence-corrected chi connectivity index (χ3v) is 4.54. The Hall–Kier alpha value is -2.63. The molecule has 25 heavy (non-hydrogen) atoms. The van der Waals surface area contributed by atoms with Crippen LogP contribution in [0.15, 0.2) is 24.4 Å². The van der Waals surface area contributed by atoms with Gasteiger partial charge in [0.15, 0.2) is 0 Å². The molecule has 1 unspecified atom stereocenters. The highest BCUT2D eigenvalue weighted by Crippen LogP contribution is 2.26. The Kier molecular flexibility index (Phi) is 4.61. The number of aromatic nitrogens is 4. The number of hydrogen-bond donors (Lipinski definition) is 2. The number of hydrogen-bond acceptors (Lipinski definition) is 3. The fourth-order valence-corrected chi connectivity index (χ4v) is 3.40. The van der Waals surface area contributed by atoms with Crippen molar-refractivity contribution in [1.82, 2.24) is 20.0 Å². The maximum atomic E-state index is 12.5. The highest BCUT2D eigenvalue weighted by molar-refractivity contribution is 5.94. The van der Waals surface area contributed by atoms with Crippen molar-refractivity contribution >= 4 is 22.5 Å². The first-order valence-corrected chi connectivity index (χ1v) is 8.65. The first kappa shape index (κ1) is 17.2. The van der Waals surface area contributed by atoms with Crippen molar-refractivity contribution in [2.45, 2.75) is 53.0 Å². The Morgan fingerprint density at radius 3 is 2.68 bits per heavy atom. The molecule has 2 aromatic heterocycles. The molecular weight excluding hydrogens is 314 g/mol. The molecule has 0 aliphatic heterocycles. The number of rotatable bonds is 5. The first-order valence-electron chi connectivity index (χ1n) is 8.65. The fraction of sp³-hybridized carbons (Fsp3) is 0.421. The highest BCUT2D eigenvalue weighted by atomic mass is 16.1. The second-order valence-corrected chi connectivity index (χ2v) is 6.96. The number of anilines is 1. The molecule has 0 saturated carbocycles. The molecule has 3 aromatic rings. The third kappa shape index (κ3) is 3.43. The number of fused-ring (bicyclic) bond motifs is 1. The molecule has 0 saturated heterocycles. The summed E-state index contributed by atoms with van der Waals surface area (Å²) in [7, 11) is 0. The van der Waals surface area contributed by atoms with Crippen LogP contribution in [0.2, 0.25) is 0 Å². The second-order valence-electron chi connectivity index (χ2n) is 6.96. The Labute approximate surface area is 147 Å². The van der Waals surface area contributed by atoms with Crippen LogP contribution in [0.4, 0.5) is 5.69 Å². The summed E-state index contributed by atoms with van der Waals surface area (Å²) in [5, 5.41) is 15.7. The number of carbonyl (C=O) groups excluding carboxylic acids is 1. The lowest BCUT2D eigenvalue weighted by molar-refractivity contribution is -0.116. The number of H-pyrrole nitrogens is 1. The van der Waals surface area contributed by atoms with E-state index in [4.69, 9.17) is 0 Å². The Bertz CT molecular complexity index is 886. The van der Waals surface area contributed by atoms with Gasteiger partial charge in [-0.3, -0.25) is 14.6 Å². The summed E-state index contributed by atoms with van der Waals surface area (Å²) in [5.41, 5.74) is 4.94. The lowest BCUT2D eigenvalue weighted by Gasteiger charge is -2.13. The van der Waals surface area contributed by atoms with E-state index < -0.39 is 0 Å². The summed E-state index contributed by atoms with van der Waals surface area (Å²) >= 11 is 0. The molecule has 0 spiro atoms. The molecule has 2 heterocycles. The largest absolute Gasteiger partial charge is 0.326 e. The molecule has 3 rings (SSSR count). The summed E-state index contributed by atoms with van der Waals surface area (Å²) in [6.07, 6.45) is 2.27. The number of aryl methyl sites for hydroxylation is 2. The maximum Gasteiger partial charge on any atom is 0.224 e. The van der Waals surface area contributed by atoms with Crippen molar-refractivity contribution < 1.29 is 4.79 Å². The van der Waals surface area contributed by atoms with E-state index in [9.17, 15) is 4.79 Å². The van der Waals surface area contributed by atoms with E-state index in [1.165, 1.54) is 0 Å². The van der Waals surface area contributed by atoms with Crippen LogP contribution in [-0.2, 0) is 4.79 Å². The molecule has 6 nitrogen and oxygen atoms in total. The van der Waals surface area contributed by atoms with Crippen molar-refractivity contribution in [2.24, 2.45) is 0 Å². The van der Waals surface area contributed by atoms with Crippen molar-refractivity contribution in [2.75, 3.05) is 5.32 Å². The average Bonchev–Trinajstić information content (AvgIpc) is 3.10. The number of benzene rings is 1. The van der Waals surface area contributed by atoms with Crippen LogP contribution in [0.25, 0.3) is 10.9 Å². The molecule has 1 amide bonds. The van der Waals surface area contributed by atoms with Gasteiger partial charge >= 0.3 is 0 Å². The zero-order chi connectivity index (χ0) is 18.1. The van der Waals surface area contributed by atoms with E-state index in [1.807, 2.05) is 42.9 Å². The Morgan fingerprint density at radius 2 is 2.04 bits per heavy atom. The van der Waals surface area contributed by atoms with Gasteiger partial charge in [-0.05, 0) is 57.4 Å². The quantitative estimate of drug-likeness (QED) is 0.735. The normalized spacial score (nSPS) is 12.7. The molecule has 1 atom stereocenters. The van der Waals surface area contributed by atoms with E-state index in [2.05, 4.69) is 41.4 Å². The fourth-order valence-electron chi connectivity index (χ4n) is 3.40. The molecular formula is C19H25N5O. The van der Waals surface area contributed by atoms with Crippen LogP contribution in [0, 0.1) is 13.8 Å². The van der Waals surface area contributed by atoms with Gasteiger partial charge in [-0.15, -0.1) is 0 Å². The maximum absolute atomic E-state index is 12.5. The SMILES string of the molecule is Cc1n[nH]c(C)c1C(C)CC(=O)Nc1ccc2cnn(C(C)C)c2c1. The molecule has 0 radical (unpaired) electrons. The summed E-state index contributed by atoms with van der Waals surface area (Å²) in [6.45, 7) is 10.2. The zero-order valence-electron chi connectivity index (χ0n) is 15.4. The lowest BCUT2D eigenvalue weighted by Crippen LogP contribution is -2.15. The second kappa shape index (κ2) is 6.70. The van der Waals surface area contributed by atoms with Gasteiger partial charge in [-0.1, -0.05) is 6.92 Å². The number of carbonyl (C=O) groups is 1. The summed E-state index contributed by atoms with van der Waals surface area (Å²) in [4.78, 5) is 12.5. The average molecular weight is 339 g/mol. The Morgan fingerprint density at radius 1 is 1.28 bits per heavy atom. The van der Waals surface area contributed by atoms with Gasteiger partial charge in [0.1, 0.15) is 0 Å². The van der Waals surface area contributed by atoms with Crippen LogP contribution >= 0.6 is 0 Å². The smallest absolute Gasteiger partial charge is 0.224 e. The molecule has 0 aliphatic carbocycles. The molecule has 1 aromatic carbocycles. The predicted molar refractivity (Wildman–Crippen MR) is 99.8 cm³/mol. The topological polar surface area (TPSA) is 75.6 Å². The van der Waals surface area contributed by atoms with Gasteiger partial charge in [0.25, 0.3) is 0 Å². The van der Waals surface area contributed by atoms with E-state index in [-0.39, 0.29) is 17.9 Å². The predicted octanol–water partition coefficient (Wildman–Crippen LogP) is 4.09. The molecule has 132 valence electrons. The van der Waals surface area contributed by atoms with Crippen LogP contribution < -0.4 is 5.32 Å². The van der Waals surface area contributed by atoms with Gasteiger partial charge in [-0.2, -0.15) is 10.2 Å². The number of nitrogens with one attached hydrogen (secondary N) is 2. The highest BCUT2D eigenvalue weighted by Gasteiger charge is 2.18. The van der Waals surface area contributed by atoms with Gasteiger partial charge in [0, 0.05) is 29.2 Å². The van der Waals surface area contributed by atoms with Crippen LogP contribution in [0.3, 0.4) is 0 Å². The van der Waals surface area contributed by atoms with Crippen molar-refractivity contribution in [3.8, 4) is 0 Å². The minimum absolute atomic E-state index is 0.00228. The Balaban J connectivity index is 1.74. The number of nitrogens with zero attached hydrogens (tertiary/aromatic N) is 3. The first-order chi connectivity index (χ1) is 11.9. The van der Waals surface area contributed by atoms with E-state index >= 15 is 0 Å².